The maximum atomic E-state index is 13.6. The average molecular weight is 243 g/mol. The van der Waals surface area contributed by atoms with Gasteiger partial charge in [0, 0.05) is 10.6 Å². The van der Waals surface area contributed by atoms with E-state index in [1.807, 2.05) is 6.92 Å². The third-order valence-electron chi connectivity index (χ3n) is 1.95. The Bertz CT molecular complexity index is 510. The molecule has 0 unspecified atom stereocenters. The second-order valence-electron chi connectivity index (χ2n) is 3.07. The summed E-state index contributed by atoms with van der Waals surface area (Å²) in [6.07, 6.45) is 0. The Hall–Kier alpha value is -1.13. The molecule has 0 saturated carbocycles. The van der Waals surface area contributed by atoms with Gasteiger partial charge in [0.2, 0.25) is 0 Å². The number of nitrogens with two attached hydrogens (primary N) is 1. The largest absolute Gasteiger partial charge is 0.389 e. The van der Waals surface area contributed by atoms with Crippen molar-refractivity contribution in [3.63, 3.8) is 0 Å². The first-order valence-electron chi connectivity index (χ1n) is 4.26. The number of nitrogen functional groups attached to an aromatic ring is 1. The van der Waals surface area contributed by atoms with E-state index in [2.05, 4.69) is 4.98 Å². The topological polar surface area (TPSA) is 38.9 Å². The minimum Gasteiger partial charge on any atom is -0.389 e. The minimum absolute atomic E-state index is 0.363. The standard InChI is InChI=1S/C10H8ClFN2S/c1-5-14-9(10(13)15-5)7-3-2-6(11)4-8(7)12/h2-4H,13H2,1H3. The van der Waals surface area contributed by atoms with E-state index in [0.717, 1.165) is 5.01 Å². The van der Waals surface area contributed by atoms with E-state index in [1.54, 1.807) is 12.1 Å². The van der Waals surface area contributed by atoms with Gasteiger partial charge in [-0.05, 0) is 25.1 Å². The highest BCUT2D eigenvalue weighted by Crippen LogP contribution is 2.32. The van der Waals surface area contributed by atoms with Crippen LogP contribution in [0.1, 0.15) is 5.01 Å². The number of rotatable bonds is 1. The molecule has 0 saturated heterocycles. The summed E-state index contributed by atoms with van der Waals surface area (Å²) in [6.45, 7) is 1.83. The fourth-order valence-electron chi connectivity index (χ4n) is 1.32. The smallest absolute Gasteiger partial charge is 0.134 e. The van der Waals surface area contributed by atoms with E-state index < -0.39 is 5.82 Å². The number of anilines is 1. The molecular formula is C10H8ClFN2S. The van der Waals surface area contributed by atoms with Crippen molar-refractivity contribution in [2.24, 2.45) is 0 Å². The van der Waals surface area contributed by atoms with Crippen molar-refractivity contribution >= 4 is 27.9 Å². The van der Waals surface area contributed by atoms with E-state index in [1.165, 1.54) is 17.4 Å². The number of nitrogens with zero attached hydrogens (tertiary/aromatic N) is 1. The minimum atomic E-state index is -0.403. The van der Waals surface area contributed by atoms with Gasteiger partial charge in [-0.2, -0.15) is 0 Å². The summed E-state index contributed by atoms with van der Waals surface area (Å²) >= 11 is 7.00. The maximum absolute atomic E-state index is 13.6. The lowest BCUT2D eigenvalue weighted by Crippen LogP contribution is -1.89. The Balaban J connectivity index is 2.59. The van der Waals surface area contributed by atoms with Gasteiger partial charge in [-0.1, -0.05) is 11.6 Å². The molecule has 2 N–H and O–H groups in total. The van der Waals surface area contributed by atoms with Crippen LogP contribution in [0.25, 0.3) is 11.3 Å². The first-order chi connectivity index (χ1) is 7.08. The molecule has 15 heavy (non-hydrogen) atoms. The molecule has 1 heterocycles. The van der Waals surface area contributed by atoms with E-state index in [0.29, 0.717) is 21.3 Å². The van der Waals surface area contributed by atoms with E-state index in [4.69, 9.17) is 17.3 Å². The molecule has 1 aromatic heterocycles. The van der Waals surface area contributed by atoms with Gasteiger partial charge >= 0.3 is 0 Å². The van der Waals surface area contributed by atoms with Crippen molar-refractivity contribution in [1.82, 2.24) is 4.98 Å². The molecule has 1 aromatic carbocycles. The van der Waals surface area contributed by atoms with Crippen LogP contribution in [0.15, 0.2) is 18.2 Å². The monoisotopic (exact) mass is 242 g/mol. The number of hydrogen-bond donors (Lipinski definition) is 1. The summed E-state index contributed by atoms with van der Waals surface area (Å²) in [5, 5.41) is 1.70. The van der Waals surface area contributed by atoms with Gasteiger partial charge in [-0.25, -0.2) is 9.37 Å². The molecule has 0 bridgehead atoms. The third kappa shape index (κ3) is 1.96. The Kier molecular flexibility index (Phi) is 2.63. The molecular weight excluding hydrogens is 235 g/mol. The summed E-state index contributed by atoms with van der Waals surface area (Å²) < 4.78 is 13.6. The van der Waals surface area contributed by atoms with Crippen LogP contribution >= 0.6 is 22.9 Å². The number of aryl methyl sites for hydroxylation is 1. The van der Waals surface area contributed by atoms with Crippen molar-refractivity contribution in [3.8, 4) is 11.3 Å². The summed E-state index contributed by atoms with van der Waals surface area (Å²) in [7, 11) is 0. The van der Waals surface area contributed by atoms with Gasteiger partial charge in [0.15, 0.2) is 0 Å². The van der Waals surface area contributed by atoms with Crippen molar-refractivity contribution in [2.75, 3.05) is 5.73 Å². The molecule has 0 radical (unpaired) electrons. The van der Waals surface area contributed by atoms with Crippen molar-refractivity contribution < 1.29 is 4.39 Å². The maximum Gasteiger partial charge on any atom is 0.134 e. The highest BCUT2D eigenvalue weighted by atomic mass is 35.5. The fraction of sp³-hybridized carbons (Fsp3) is 0.100. The zero-order valence-corrected chi connectivity index (χ0v) is 9.49. The second-order valence-corrected chi connectivity index (χ2v) is 4.74. The molecule has 0 aliphatic carbocycles. The lowest BCUT2D eigenvalue weighted by Gasteiger charge is -2.00. The third-order valence-corrected chi connectivity index (χ3v) is 2.98. The Morgan fingerprint density at radius 1 is 1.47 bits per heavy atom. The van der Waals surface area contributed by atoms with Crippen molar-refractivity contribution in [2.45, 2.75) is 6.92 Å². The Morgan fingerprint density at radius 2 is 2.20 bits per heavy atom. The van der Waals surface area contributed by atoms with Crippen LogP contribution in [0.2, 0.25) is 5.02 Å². The highest BCUT2D eigenvalue weighted by Gasteiger charge is 2.12. The van der Waals surface area contributed by atoms with Gasteiger partial charge in [0.05, 0.1) is 5.01 Å². The first kappa shape index (κ1) is 10.4. The number of aromatic nitrogens is 1. The summed E-state index contributed by atoms with van der Waals surface area (Å²) in [5.41, 5.74) is 6.62. The molecule has 2 rings (SSSR count). The Labute approximate surface area is 95.5 Å². The van der Waals surface area contributed by atoms with Gasteiger partial charge < -0.3 is 5.73 Å². The van der Waals surface area contributed by atoms with E-state index in [-0.39, 0.29) is 0 Å². The van der Waals surface area contributed by atoms with Gasteiger partial charge in [-0.15, -0.1) is 11.3 Å². The van der Waals surface area contributed by atoms with Crippen molar-refractivity contribution in [1.29, 1.82) is 0 Å². The molecule has 0 aliphatic rings. The molecule has 0 atom stereocenters. The van der Waals surface area contributed by atoms with Crippen LogP contribution in [0.3, 0.4) is 0 Å². The number of thiazole rings is 1. The van der Waals surface area contributed by atoms with Crippen molar-refractivity contribution in [3.05, 3.63) is 34.0 Å². The van der Waals surface area contributed by atoms with Crippen LogP contribution < -0.4 is 5.73 Å². The predicted molar refractivity (Wildman–Crippen MR) is 61.7 cm³/mol. The number of benzene rings is 1. The zero-order valence-electron chi connectivity index (χ0n) is 7.92. The number of hydrogen-bond acceptors (Lipinski definition) is 3. The van der Waals surface area contributed by atoms with Crippen LogP contribution in [-0.2, 0) is 0 Å². The average Bonchev–Trinajstić information content (AvgIpc) is 2.45. The fourth-order valence-corrected chi connectivity index (χ4v) is 2.18. The molecule has 0 fully saturated rings. The molecule has 0 amide bonds. The summed E-state index contributed by atoms with van der Waals surface area (Å²) in [5.74, 6) is -0.403. The molecule has 0 aliphatic heterocycles. The van der Waals surface area contributed by atoms with Crippen LogP contribution in [0, 0.1) is 12.7 Å². The molecule has 78 valence electrons. The van der Waals surface area contributed by atoms with Gasteiger partial charge in [-0.3, -0.25) is 0 Å². The lowest BCUT2D eigenvalue weighted by molar-refractivity contribution is 0.631. The SMILES string of the molecule is Cc1nc(-c2ccc(Cl)cc2F)c(N)s1. The predicted octanol–water partition coefficient (Wildman–Crippen LogP) is 3.49. The second kappa shape index (κ2) is 3.79. The summed E-state index contributed by atoms with van der Waals surface area (Å²) in [6, 6.07) is 4.46. The van der Waals surface area contributed by atoms with Gasteiger partial charge in [0.1, 0.15) is 16.5 Å². The highest BCUT2D eigenvalue weighted by molar-refractivity contribution is 7.16. The normalized spacial score (nSPS) is 10.6. The van der Waals surface area contributed by atoms with E-state index in [9.17, 15) is 4.39 Å². The van der Waals surface area contributed by atoms with Gasteiger partial charge in [0.25, 0.3) is 0 Å². The summed E-state index contributed by atoms with van der Waals surface area (Å²) in [4.78, 5) is 4.18. The lowest BCUT2D eigenvalue weighted by atomic mass is 10.1. The molecule has 0 spiro atoms. The van der Waals surface area contributed by atoms with Crippen LogP contribution in [0.4, 0.5) is 9.39 Å². The quantitative estimate of drug-likeness (QED) is 0.831. The molecule has 2 aromatic rings. The zero-order chi connectivity index (χ0) is 11.0. The van der Waals surface area contributed by atoms with Crippen LogP contribution in [-0.4, -0.2) is 4.98 Å². The Morgan fingerprint density at radius 3 is 2.73 bits per heavy atom. The van der Waals surface area contributed by atoms with E-state index >= 15 is 0 Å². The molecule has 5 heteroatoms. The molecule has 2 nitrogen and oxygen atoms in total. The first-order valence-corrected chi connectivity index (χ1v) is 5.45. The number of halogens is 2. The van der Waals surface area contributed by atoms with Crippen LogP contribution in [0.5, 0.6) is 0 Å².